The molecule has 1 amide bonds. The summed E-state index contributed by atoms with van der Waals surface area (Å²) in [6.07, 6.45) is 0. The molecule has 9 heteroatoms. The monoisotopic (exact) mass is 436 g/mol. The number of aryl methyl sites for hydroxylation is 1. The first-order chi connectivity index (χ1) is 13.7. The summed E-state index contributed by atoms with van der Waals surface area (Å²) in [5, 5.41) is 2.29. The fourth-order valence-electron chi connectivity index (χ4n) is 2.47. The Morgan fingerprint density at radius 2 is 1.66 bits per heavy atom. The van der Waals surface area contributed by atoms with Crippen molar-refractivity contribution < 1.29 is 22.0 Å². The van der Waals surface area contributed by atoms with Gasteiger partial charge in [0, 0.05) is 16.9 Å². The molecule has 0 aromatic heterocycles. The van der Waals surface area contributed by atoms with Crippen LogP contribution in [0, 0.1) is 18.6 Å². The van der Waals surface area contributed by atoms with Crippen LogP contribution < -0.4 is 10.0 Å². The quantitative estimate of drug-likeness (QED) is 0.592. The van der Waals surface area contributed by atoms with E-state index in [1.165, 1.54) is 36.4 Å². The summed E-state index contributed by atoms with van der Waals surface area (Å²) in [7, 11) is -3.99. The SMILES string of the molecule is Cc1ccc(F)cc1NC(=O)c1ccc(NS(=O)(=O)c2ccc(F)c(Cl)c2)cc1. The summed E-state index contributed by atoms with van der Waals surface area (Å²) in [4.78, 5) is 12.1. The van der Waals surface area contributed by atoms with E-state index >= 15 is 0 Å². The van der Waals surface area contributed by atoms with E-state index < -0.39 is 27.6 Å². The molecular formula is C20H15ClF2N2O3S. The second-order valence-electron chi connectivity index (χ2n) is 6.17. The highest BCUT2D eigenvalue weighted by Gasteiger charge is 2.16. The predicted octanol–water partition coefficient (Wildman–Crippen LogP) is 4.98. The van der Waals surface area contributed by atoms with Gasteiger partial charge in [-0.05, 0) is 67.1 Å². The van der Waals surface area contributed by atoms with Gasteiger partial charge in [-0.2, -0.15) is 0 Å². The molecule has 2 N–H and O–H groups in total. The fraction of sp³-hybridized carbons (Fsp3) is 0.0500. The number of amides is 1. The average Bonchev–Trinajstić information content (AvgIpc) is 2.67. The Morgan fingerprint density at radius 3 is 2.31 bits per heavy atom. The van der Waals surface area contributed by atoms with Gasteiger partial charge >= 0.3 is 0 Å². The molecule has 150 valence electrons. The summed E-state index contributed by atoms with van der Waals surface area (Å²) in [6, 6.07) is 12.7. The van der Waals surface area contributed by atoms with Crippen LogP contribution in [-0.2, 0) is 10.0 Å². The van der Waals surface area contributed by atoms with Gasteiger partial charge in [-0.15, -0.1) is 0 Å². The highest BCUT2D eigenvalue weighted by Crippen LogP contribution is 2.22. The summed E-state index contributed by atoms with van der Waals surface area (Å²) in [6.45, 7) is 1.73. The van der Waals surface area contributed by atoms with Gasteiger partial charge in [0.25, 0.3) is 15.9 Å². The van der Waals surface area contributed by atoms with Crippen molar-refractivity contribution in [2.45, 2.75) is 11.8 Å². The fourth-order valence-corrected chi connectivity index (χ4v) is 3.80. The van der Waals surface area contributed by atoms with Gasteiger partial charge in [0.1, 0.15) is 11.6 Å². The Balaban J connectivity index is 1.75. The largest absolute Gasteiger partial charge is 0.322 e. The Labute approximate surface area is 171 Å². The molecule has 0 bridgehead atoms. The number of rotatable bonds is 5. The molecule has 0 spiro atoms. The van der Waals surface area contributed by atoms with Gasteiger partial charge in [-0.1, -0.05) is 17.7 Å². The molecule has 0 aliphatic rings. The van der Waals surface area contributed by atoms with Crippen LogP contribution in [-0.4, -0.2) is 14.3 Å². The van der Waals surface area contributed by atoms with Crippen LogP contribution in [0.25, 0.3) is 0 Å². The molecule has 0 aliphatic carbocycles. The minimum atomic E-state index is -3.99. The van der Waals surface area contributed by atoms with E-state index in [4.69, 9.17) is 11.6 Å². The number of anilines is 2. The maximum Gasteiger partial charge on any atom is 0.261 e. The third kappa shape index (κ3) is 4.90. The lowest BCUT2D eigenvalue weighted by Crippen LogP contribution is -2.15. The van der Waals surface area contributed by atoms with Crippen LogP contribution in [0.2, 0.25) is 5.02 Å². The van der Waals surface area contributed by atoms with Gasteiger partial charge in [-0.25, -0.2) is 17.2 Å². The minimum Gasteiger partial charge on any atom is -0.322 e. The minimum absolute atomic E-state index is 0.198. The normalized spacial score (nSPS) is 11.2. The zero-order valence-electron chi connectivity index (χ0n) is 15.0. The second-order valence-corrected chi connectivity index (χ2v) is 8.26. The topological polar surface area (TPSA) is 75.3 Å². The number of hydrogen-bond acceptors (Lipinski definition) is 3. The first-order valence-corrected chi connectivity index (χ1v) is 10.2. The summed E-state index contributed by atoms with van der Waals surface area (Å²) < 4.78 is 53.7. The number of carbonyl (C=O) groups excluding carboxylic acids is 1. The molecule has 29 heavy (non-hydrogen) atoms. The second kappa shape index (κ2) is 8.18. The Kier molecular flexibility index (Phi) is 5.86. The van der Waals surface area contributed by atoms with Crippen molar-refractivity contribution in [1.82, 2.24) is 0 Å². The van der Waals surface area contributed by atoms with Crippen LogP contribution >= 0.6 is 11.6 Å². The Morgan fingerprint density at radius 1 is 0.966 bits per heavy atom. The summed E-state index contributed by atoms with van der Waals surface area (Å²) in [5.41, 5.74) is 1.49. The number of benzene rings is 3. The van der Waals surface area contributed by atoms with E-state index in [0.29, 0.717) is 11.3 Å². The van der Waals surface area contributed by atoms with Gasteiger partial charge in [-0.3, -0.25) is 9.52 Å². The van der Waals surface area contributed by atoms with Gasteiger partial charge in [0.2, 0.25) is 0 Å². The number of halogens is 3. The highest BCUT2D eigenvalue weighted by molar-refractivity contribution is 7.92. The Hall–Kier alpha value is -2.97. The number of sulfonamides is 1. The van der Waals surface area contributed by atoms with Crippen LogP contribution in [0.1, 0.15) is 15.9 Å². The molecule has 0 fully saturated rings. The standard InChI is InChI=1S/C20H15ClF2N2O3S/c1-12-2-5-14(22)10-19(12)24-20(26)13-3-6-15(7-4-13)25-29(27,28)16-8-9-18(23)17(21)11-16/h2-11,25H,1H3,(H,24,26). The van der Waals surface area contributed by atoms with Crippen molar-refractivity contribution >= 4 is 38.9 Å². The molecular weight excluding hydrogens is 422 g/mol. The molecule has 0 aliphatic heterocycles. The highest BCUT2D eigenvalue weighted by atomic mass is 35.5. The van der Waals surface area contributed by atoms with E-state index in [0.717, 1.165) is 18.2 Å². The number of hydrogen-bond donors (Lipinski definition) is 2. The van der Waals surface area contributed by atoms with E-state index in [9.17, 15) is 22.0 Å². The molecule has 0 saturated carbocycles. The van der Waals surface area contributed by atoms with Gasteiger partial charge in [0.05, 0.1) is 9.92 Å². The summed E-state index contributed by atoms with van der Waals surface area (Å²) in [5.74, 6) is -1.68. The van der Waals surface area contributed by atoms with Crippen molar-refractivity contribution in [3.05, 3.63) is 88.4 Å². The molecule has 3 aromatic rings. The maximum atomic E-state index is 13.4. The summed E-state index contributed by atoms with van der Waals surface area (Å²) >= 11 is 5.63. The third-order valence-electron chi connectivity index (χ3n) is 4.05. The predicted molar refractivity (Wildman–Crippen MR) is 108 cm³/mol. The zero-order valence-corrected chi connectivity index (χ0v) is 16.6. The van der Waals surface area contributed by atoms with Crippen molar-refractivity contribution in [3.63, 3.8) is 0 Å². The maximum absolute atomic E-state index is 13.4. The van der Waals surface area contributed by atoms with Crippen molar-refractivity contribution in [2.24, 2.45) is 0 Å². The van der Waals surface area contributed by atoms with Gasteiger partial charge in [0.15, 0.2) is 0 Å². The van der Waals surface area contributed by atoms with E-state index in [1.807, 2.05) is 0 Å². The molecule has 0 heterocycles. The lowest BCUT2D eigenvalue weighted by Gasteiger charge is -2.11. The van der Waals surface area contributed by atoms with E-state index in [-0.39, 0.29) is 21.2 Å². The van der Waals surface area contributed by atoms with Gasteiger partial charge < -0.3 is 5.32 Å². The van der Waals surface area contributed by atoms with Crippen LogP contribution in [0.3, 0.4) is 0 Å². The number of nitrogens with one attached hydrogen (secondary N) is 2. The van der Waals surface area contributed by atoms with Crippen LogP contribution in [0.4, 0.5) is 20.2 Å². The molecule has 3 rings (SSSR count). The van der Waals surface area contributed by atoms with E-state index in [2.05, 4.69) is 10.0 Å². The lowest BCUT2D eigenvalue weighted by molar-refractivity contribution is 0.102. The molecule has 0 saturated heterocycles. The average molecular weight is 437 g/mol. The smallest absolute Gasteiger partial charge is 0.261 e. The first-order valence-electron chi connectivity index (χ1n) is 8.31. The molecule has 0 radical (unpaired) electrons. The third-order valence-corrected chi connectivity index (χ3v) is 5.72. The van der Waals surface area contributed by atoms with Crippen molar-refractivity contribution in [2.75, 3.05) is 10.0 Å². The molecule has 5 nitrogen and oxygen atoms in total. The molecule has 0 atom stereocenters. The van der Waals surface area contributed by atoms with Crippen molar-refractivity contribution in [1.29, 1.82) is 0 Å². The number of carbonyl (C=O) groups is 1. The lowest BCUT2D eigenvalue weighted by atomic mass is 10.1. The Bertz CT molecular complexity index is 1180. The van der Waals surface area contributed by atoms with Crippen LogP contribution in [0.5, 0.6) is 0 Å². The molecule has 3 aromatic carbocycles. The zero-order chi connectivity index (χ0) is 21.2. The van der Waals surface area contributed by atoms with Crippen LogP contribution in [0.15, 0.2) is 65.6 Å². The van der Waals surface area contributed by atoms with Crippen molar-refractivity contribution in [3.8, 4) is 0 Å². The first kappa shape index (κ1) is 20.8. The molecule has 0 unspecified atom stereocenters. The van der Waals surface area contributed by atoms with E-state index in [1.54, 1.807) is 13.0 Å².